The van der Waals surface area contributed by atoms with Crippen LogP contribution in [-0.4, -0.2) is 32.9 Å². The van der Waals surface area contributed by atoms with Gasteiger partial charge in [-0.05, 0) is 109 Å². The summed E-state index contributed by atoms with van der Waals surface area (Å²) in [4.78, 5) is 50.7. The molecule has 9 aromatic rings. The van der Waals surface area contributed by atoms with E-state index in [9.17, 15) is 14.4 Å². The number of hydrogen-bond acceptors (Lipinski definition) is 10. The maximum absolute atomic E-state index is 11.4. The lowest BCUT2D eigenvalue weighted by Crippen LogP contribution is -2.10. The van der Waals surface area contributed by atoms with Crippen LogP contribution >= 0.6 is 0 Å². The number of esters is 3. The molecule has 0 bridgehead atoms. The molecule has 0 amide bonds. The lowest BCUT2D eigenvalue weighted by atomic mass is 10.1. The normalized spacial score (nSPS) is 10.5. The van der Waals surface area contributed by atoms with Crippen LogP contribution in [0.5, 0.6) is 0 Å². The van der Waals surface area contributed by atoms with Crippen molar-refractivity contribution in [3.63, 3.8) is 0 Å². The fourth-order valence-electron chi connectivity index (χ4n) is 7.58. The zero-order valence-electron chi connectivity index (χ0n) is 38.4. The fraction of sp³-hybridized carbons (Fsp3) is 0.100. The van der Waals surface area contributed by atoms with Crippen molar-refractivity contribution >= 4 is 67.7 Å². The number of pyridine rings is 3. The first-order chi connectivity index (χ1) is 34.1. The van der Waals surface area contributed by atoms with Crippen molar-refractivity contribution in [3.8, 4) is 35.5 Å². The lowest BCUT2D eigenvalue weighted by Gasteiger charge is -2.25. The highest BCUT2D eigenvalue weighted by atomic mass is 16.5. The number of carbonyl (C=O) groups is 3. The van der Waals surface area contributed by atoms with E-state index in [0.29, 0.717) is 17.1 Å². The molecule has 0 fully saturated rings. The molecule has 0 aliphatic heterocycles. The van der Waals surface area contributed by atoms with Crippen molar-refractivity contribution in [2.24, 2.45) is 0 Å². The number of rotatable bonds is 9. The van der Waals surface area contributed by atoms with Crippen LogP contribution < -0.4 is 4.90 Å². The Morgan fingerprint density at radius 2 is 0.657 bits per heavy atom. The highest BCUT2D eigenvalue weighted by Gasteiger charge is 2.14. The zero-order chi connectivity index (χ0) is 48.4. The molecule has 9 rings (SSSR count). The zero-order valence-corrected chi connectivity index (χ0v) is 38.4. The number of fused-ring (bicyclic) bond motifs is 3. The number of anilines is 3. The first-order valence-electron chi connectivity index (χ1n) is 22.3. The summed E-state index contributed by atoms with van der Waals surface area (Å²) >= 11 is 0. The molecule has 0 N–H and O–H groups in total. The number of para-hydroxylation sites is 3. The Labute approximate surface area is 404 Å². The van der Waals surface area contributed by atoms with Gasteiger partial charge in [0.15, 0.2) is 0 Å². The van der Waals surface area contributed by atoms with E-state index >= 15 is 0 Å². The van der Waals surface area contributed by atoms with E-state index in [4.69, 9.17) is 29.2 Å². The Morgan fingerprint density at radius 3 is 0.929 bits per heavy atom. The molecule has 0 aliphatic carbocycles. The molecule has 70 heavy (non-hydrogen) atoms. The van der Waals surface area contributed by atoms with Crippen LogP contribution in [0.15, 0.2) is 164 Å². The van der Waals surface area contributed by atoms with Gasteiger partial charge in [-0.15, -0.1) is 0 Å². The summed E-state index contributed by atoms with van der Waals surface area (Å²) in [5, 5.41) is 2.81. The molecule has 0 unspecified atom stereocenters. The summed E-state index contributed by atoms with van der Waals surface area (Å²) in [6.07, 6.45) is 0. The SMILES string of the molecule is CC(=O)OCc1ccc2cccc(C#Cc3ccc(N(c4ccc(C#Cc5cccc6ccc(COC(C)=O)nc56)cc4)c4ccc(C#Cc5cccc6ccc(COC(C)=O)nc56)cc4)cc3)c2n1. The topological polar surface area (TPSA) is 121 Å². The Morgan fingerprint density at radius 1 is 0.371 bits per heavy atom. The number of nitrogens with zero attached hydrogens (tertiary/aromatic N) is 4. The first-order valence-corrected chi connectivity index (χ1v) is 22.3. The molecule has 0 saturated carbocycles. The van der Waals surface area contributed by atoms with E-state index in [2.05, 4.69) is 40.4 Å². The van der Waals surface area contributed by atoms with Gasteiger partial charge in [0.25, 0.3) is 0 Å². The summed E-state index contributed by atoms with van der Waals surface area (Å²) in [5.41, 5.74) is 11.6. The highest BCUT2D eigenvalue weighted by molar-refractivity contribution is 5.87. The molecule has 3 aromatic heterocycles. The summed E-state index contributed by atoms with van der Waals surface area (Å²) in [6, 6.07) is 53.2. The Kier molecular flexibility index (Phi) is 13.6. The molecule has 3 heterocycles. The van der Waals surface area contributed by atoms with Gasteiger partial charge in [-0.3, -0.25) is 14.4 Å². The van der Waals surface area contributed by atoms with Crippen LogP contribution in [0.2, 0.25) is 0 Å². The number of hydrogen-bond donors (Lipinski definition) is 0. The van der Waals surface area contributed by atoms with Gasteiger partial charge in [-0.2, -0.15) is 0 Å². The monoisotopic (exact) mass is 914 g/mol. The van der Waals surface area contributed by atoms with E-state index in [1.54, 1.807) is 0 Å². The molecular weight excluding hydrogens is 873 g/mol. The molecule has 10 nitrogen and oxygen atoms in total. The molecular formula is C60H42N4O6. The van der Waals surface area contributed by atoms with E-state index in [-0.39, 0.29) is 37.7 Å². The van der Waals surface area contributed by atoms with Gasteiger partial charge in [0, 0.05) is 70.7 Å². The van der Waals surface area contributed by atoms with Gasteiger partial charge in [0.2, 0.25) is 0 Å². The number of carbonyl (C=O) groups excluding carboxylic acids is 3. The van der Waals surface area contributed by atoms with E-state index < -0.39 is 0 Å². The highest BCUT2D eigenvalue weighted by Crippen LogP contribution is 2.35. The maximum atomic E-state index is 11.4. The average molecular weight is 915 g/mol. The summed E-state index contributed by atoms with van der Waals surface area (Å²) in [6.45, 7) is 4.40. The molecule has 0 saturated heterocycles. The van der Waals surface area contributed by atoms with Crippen molar-refractivity contribution in [3.05, 3.63) is 214 Å². The fourth-order valence-corrected chi connectivity index (χ4v) is 7.58. The van der Waals surface area contributed by atoms with E-state index in [1.807, 2.05) is 164 Å². The van der Waals surface area contributed by atoms with Crippen molar-refractivity contribution in [2.75, 3.05) is 4.90 Å². The van der Waals surface area contributed by atoms with Crippen molar-refractivity contribution in [1.82, 2.24) is 15.0 Å². The third-order valence-corrected chi connectivity index (χ3v) is 11.0. The van der Waals surface area contributed by atoms with Crippen LogP contribution in [0.1, 0.15) is 71.2 Å². The smallest absolute Gasteiger partial charge is 0.303 e. The Bertz CT molecular complexity index is 3280. The van der Waals surface area contributed by atoms with Crippen LogP contribution in [0.4, 0.5) is 17.1 Å². The van der Waals surface area contributed by atoms with Gasteiger partial charge in [-0.1, -0.05) is 90.1 Å². The minimum absolute atomic E-state index is 0.0901. The molecule has 6 aromatic carbocycles. The number of benzene rings is 6. The second kappa shape index (κ2) is 20.9. The minimum Gasteiger partial charge on any atom is -0.459 e. The van der Waals surface area contributed by atoms with Gasteiger partial charge in [0.1, 0.15) is 19.8 Å². The summed E-state index contributed by atoms with van der Waals surface area (Å²) in [7, 11) is 0. The quantitative estimate of drug-likeness (QED) is 0.0786. The van der Waals surface area contributed by atoms with Crippen LogP contribution in [0.3, 0.4) is 0 Å². The first kappa shape index (κ1) is 45.6. The molecule has 0 spiro atoms. The van der Waals surface area contributed by atoms with Crippen molar-refractivity contribution in [2.45, 2.75) is 40.6 Å². The van der Waals surface area contributed by atoms with Crippen molar-refractivity contribution < 1.29 is 28.6 Å². The predicted molar refractivity (Wildman–Crippen MR) is 271 cm³/mol. The lowest BCUT2D eigenvalue weighted by molar-refractivity contribution is -0.143. The average Bonchev–Trinajstić information content (AvgIpc) is 3.38. The molecule has 0 atom stereocenters. The standard InChI is InChI=1S/C60H42N4O6/c1-40(65)68-37-52-28-25-49-10-4-7-46(58(49)61-52)22-13-43-16-31-55(32-17-43)64(56-33-18-44(19-34-56)14-23-47-8-5-11-50-26-29-53(62-59(47)50)38-69-41(2)66)57-35-20-45(21-36-57)15-24-48-9-6-12-51-27-30-54(63-60(48)51)39-70-42(3)67/h4-12,16-21,25-36H,37-39H2,1-3H3. The summed E-state index contributed by atoms with van der Waals surface area (Å²) < 4.78 is 15.6. The van der Waals surface area contributed by atoms with Crippen molar-refractivity contribution in [1.29, 1.82) is 0 Å². The molecule has 338 valence electrons. The molecule has 0 radical (unpaired) electrons. The third kappa shape index (κ3) is 11.2. The van der Waals surface area contributed by atoms with E-state index in [1.165, 1.54) is 20.8 Å². The van der Waals surface area contributed by atoms with Gasteiger partial charge in [0.05, 0.1) is 50.3 Å². The van der Waals surface area contributed by atoms with Gasteiger partial charge >= 0.3 is 17.9 Å². The Balaban J connectivity index is 1.02. The van der Waals surface area contributed by atoms with Gasteiger partial charge < -0.3 is 19.1 Å². The molecule has 0 aliphatic rings. The number of ether oxygens (including phenoxy) is 3. The maximum Gasteiger partial charge on any atom is 0.303 e. The largest absolute Gasteiger partial charge is 0.459 e. The second-order valence-corrected chi connectivity index (χ2v) is 16.1. The van der Waals surface area contributed by atoms with Crippen LogP contribution in [-0.2, 0) is 48.4 Å². The minimum atomic E-state index is -0.364. The van der Waals surface area contributed by atoms with Crippen LogP contribution in [0.25, 0.3) is 32.7 Å². The predicted octanol–water partition coefficient (Wildman–Crippen LogP) is 11.2. The molecule has 10 heteroatoms. The van der Waals surface area contributed by atoms with Crippen LogP contribution in [0, 0.1) is 35.5 Å². The second-order valence-electron chi connectivity index (χ2n) is 16.1. The third-order valence-electron chi connectivity index (χ3n) is 11.0. The summed E-state index contributed by atoms with van der Waals surface area (Å²) in [5.74, 6) is 18.8. The Hall–Kier alpha value is -9.56. The van der Waals surface area contributed by atoms with E-state index in [0.717, 1.165) is 83.2 Å². The van der Waals surface area contributed by atoms with Gasteiger partial charge in [-0.25, -0.2) is 15.0 Å². The number of aromatic nitrogens is 3.